The SMILES string of the molecule is CCCCCCCCC#CC1CCCC1C. The molecule has 0 nitrogen and oxygen atoms in total. The van der Waals surface area contributed by atoms with E-state index >= 15 is 0 Å². The second-order valence-electron chi connectivity index (χ2n) is 5.35. The summed E-state index contributed by atoms with van der Waals surface area (Å²) in [6.45, 7) is 4.63. The van der Waals surface area contributed by atoms with Crippen LogP contribution >= 0.6 is 0 Å². The van der Waals surface area contributed by atoms with Gasteiger partial charge in [-0.25, -0.2) is 0 Å². The molecule has 0 radical (unpaired) electrons. The lowest BCUT2D eigenvalue weighted by Crippen LogP contribution is -1.99. The molecule has 0 aromatic carbocycles. The Morgan fingerprint density at radius 3 is 2.44 bits per heavy atom. The van der Waals surface area contributed by atoms with Gasteiger partial charge in [-0.1, -0.05) is 58.3 Å². The highest BCUT2D eigenvalue weighted by Crippen LogP contribution is 2.30. The fourth-order valence-electron chi connectivity index (χ4n) is 2.56. The monoisotopic (exact) mass is 220 g/mol. The molecule has 0 amide bonds. The molecule has 1 aliphatic rings. The molecule has 2 atom stereocenters. The first-order chi connectivity index (χ1) is 7.84. The Hall–Kier alpha value is -0.440. The fraction of sp³-hybridized carbons (Fsp3) is 0.875. The molecular formula is C16H28. The van der Waals surface area contributed by atoms with Gasteiger partial charge in [0.25, 0.3) is 0 Å². The quantitative estimate of drug-likeness (QED) is 0.427. The number of rotatable bonds is 6. The van der Waals surface area contributed by atoms with E-state index in [-0.39, 0.29) is 0 Å². The van der Waals surface area contributed by atoms with E-state index in [0.717, 1.165) is 18.3 Å². The predicted octanol–water partition coefficient (Wildman–Crippen LogP) is 5.18. The van der Waals surface area contributed by atoms with E-state index in [9.17, 15) is 0 Å². The standard InChI is InChI=1S/C16H28/c1-3-4-5-6-7-8-9-10-13-16-14-11-12-15(16)2/h15-16H,3-9,11-12,14H2,1-2H3. The Bertz CT molecular complexity index is 218. The second-order valence-corrected chi connectivity index (χ2v) is 5.35. The molecule has 0 aliphatic heterocycles. The lowest BCUT2D eigenvalue weighted by molar-refractivity contribution is 0.518. The van der Waals surface area contributed by atoms with Gasteiger partial charge in [0, 0.05) is 12.3 Å². The first-order valence-corrected chi connectivity index (χ1v) is 7.33. The largest absolute Gasteiger partial charge is 0.103 e. The van der Waals surface area contributed by atoms with Crippen molar-refractivity contribution in [2.75, 3.05) is 0 Å². The van der Waals surface area contributed by atoms with E-state index in [1.807, 2.05) is 0 Å². The van der Waals surface area contributed by atoms with Gasteiger partial charge in [-0.15, -0.1) is 5.92 Å². The van der Waals surface area contributed by atoms with Crippen LogP contribution in [0.25, 0.3) is 0 Å². The maximum atomic E-state index is 3.48. The van der Waals surface area contributed by atoms with Crippen molar-refractivity contribution in [2.24, 2.45) is 11.8 Å². The molecule has 2 unspecified atom stereocenters. The molecule has 0 spiro atoms. The van der Waals surface area contributed by atoms with Gasteiger partial charge < -0.3 is 0 Å². The van der Waals surface area contributed by atoms with Crippen molar-refractivity contribution in [1.29, 1.82) is 0 Å². The van der Waals surface area contributed by atoms with Crippen molar-refractivity contribution in [1.82, 2.24) is 0 Å². The summed E-state index contributed by atoms with van der Waals surface area (Å²) in [5.41, 5.74) is 0. The van der Waals surface area contributed by atoms with Crippen molar-refractivity contribution in [2.45, 2.75) is 78.1 Å². The maximum absolute atomic E-state index is 3.48. The minimum absolute atomic E-state index is 0.722. The van der Waals surface area contributed by atoms with Crippen LogP contribution in [0, 0.1) is 23.7 Å². The number of hydrogen-bond donors (Lipinski definition) is 0. The third-order valence-electron chi connectivity index (χ3n) is 3.80. The summed E-state index contributed by atoms with van der Waals surface area (Å²) in [4.78, 5) is 0. The summed E-state index contributed by atoms with van der Waals surface area (Å²) in [7, 11) is 0. The molecular weight excluding hydrogens is 192 g/mol. The van der Waals surface area contributed by atoms with Crippen molar-refractivity contribution in [3.05, 3.63) is 0 Å². The van der Waals surface area contributed by atoms with E-state index in [2.05, 4.69) is 25.7 Å². The van der Waals surface area contributed by atoms with Crippen LogP contribution in [0.3, 0.4) is 0 Å². The van der Waals surface area contributed by atoms with Crippen molar-refractivity contribution < 1.29 is 0 Å². The minimum atomic E-state index is 0.722. The van der Waals surface area contributed by atoms with Gasteiger partial charge in [0.1, 0.15) is 0 Å². The van der Waals surface area contributed by atoms with Crippen LogP contribution in [-0.4, -0.2) is 0 Å². The van der Waals surface area contributed by atoms with Gasteiger partial charge in [0.15, 0.2) is 0 Å². The van der Waals surface area contributed by atoms with Crippen molar-refractivity contribution in [3.8, 4) is 11.8 Å². The first kappa shape index (κ1) is 13.6. The van der Waals surface area contributed by atoms with Crippen LogP contribution in [0.15, 0.2) is 0 Å². The van der Waals surface area contributed by atoms with E-state index in [0.29, 0.717) is 0 Å². The van der Waals surface area contributed by atoms with Gasteiger partial charge in [-0.05, 0) is 25.2 Å². The highest BCUT2D eigenvalue weighted by Gasteiger charge is 2.20. The van der Waals surface area contributed by atoms with E-state index in [4.69, 9.17) is 0 Å². The maximum Gasteiger partial charge on any atom is 0.0228 e. The molecule has 1 rings (SSSR count). The molecule has 0 N–H and O–H groups in total. The second kappa shape index (κ2) is 8.68. The molecule has 1 aliphatic carbocycles. The summed E-state index contributed by atoms with van der Waals surface area (Å²) in [5, 5.41) is 0. The predicted molar refractivity (Wildman–Crippen MR) is 72.3 cm³/mol. The fourth-order valence-corrected chi connectivity index (χ4v) is 2.56. The van der Waals surface area contributed by atoms with Gasteiger partial charge in [-0.3, -0.25) is 0 Å². The topological polar surface area (TPSA) is 0 Å². The molecule has 1 saturated carbocycles. The zero-order chi connectivity index (χ0) is 11.6. The Kier molecular flexibility index (Phi) is 7.39. The molecule has 0 saturated heterocycles. The number of hydrogen-bond acceptors (Lipinski definition) is 0. The van der Waals surface area contributed by atoms with Crippen LogP contribution in [0.2, 0.25) is 0 Å². The summed E-state index contributed by atoms with van der Waals surface area (Å²) < 4.78 is 0. The normalized spacial score (nSPS) is 24.1. The third-order valence-corrected chi connectivity index (χ3v) is 3.80. The highest BCUT2D eigenvalue weighted by molar-refractivity contribution is 5.06. The van der Waals surface area contributed by atoms with E-state index in [1.54, 1.807) is 0 Å². The minimum Gasteiger partial charge on any atom is -0.103 e. The first-order valence-electron chi connectivity index (χ1n) is 7.33. The number of unbranched alkanes of at least 4 members (excludes halogenated alkanes) is 6. The van der Waals surface area contributed by atoms with Crippen LogP contribution in [0.5, 0.6) is 0 Å². The van der Waals surface area contributed by atoms with Crippen LogP contribution in [-0.2, 0) is 0 Å². The van der Waals surface area contributed by atoms with Crippen molar-refractivity contribution in [3.63, 3.8) is 0 Å². The van der Waals surface area contributed by atoms with E-state index in [1.165, 1.54) is 57.8 Å². The Balaban J connectivity index is 1.96. The summed E-state index contributed by atoms with van der Waals surface area (Å²) >= 11 is 0. The summed E-state index contributed by atoms with van der Waals surface area (Å²) in [5.74, 6) is 8.46. The molecule has 0 heterocycles. The zero-order valence-electron chi connectivity index (χ0n) is 11.2. The zero-order valence-corrected chi connectivity index (χ0v) is 11.2. The van der Waals surface area contributed by atoms with Gasteiger partial charge in [0.05, 0.1) is 0 Å². The Morgan fingerprint density at radius 2 is 1.75 bits per heavy atom. The van der Waals surface area contributed by atoms with Crippen molar-refractivity contribution >= 4 is 0 Å². The molecule has 0 aromatic heterocycles. The lowest BCUT2D eigenvalue weighted by Gasteiger charge is -2.05. The smallest absolute Gasteiger partial charge is 0.0228 e. The van der Waals surface area contributed by atoms with Gasteiger partial charge in [0.2, 0.25) is 0 Å². The molecule has 16 heavy (non-hydrogen) atoms. The van der Waals surface area contributed by atoms with Crippen LogP contribution < -0.4 is 0 Å². The van der Waals surface area contributed by atoms with Gasteiger partial charge in [-0.2, -0.15) is 0 Å². The molecule has 92 valence electrons. The average molecular weight is 220 g/mol. The van der Waals surface area contributed by atoms with E-state index < -0.39 is 0 Å². The third kappa shape index (κ3) is 5.59. The Labute approximate surface area is 102 Å². The van der Waals surface area contributed by atoms with Crippen LogP contribution in [0.4, 0.5) is 0 Å². The Morgan fingerprint density at radius 1 is 1.00 bits per heavy atom. The van der Waals surface area contributed by atoms with Crippen LogP contribution in [0.1, 0.15) is 78.1 Å². The molecule has 0 heteroatoms. The summed E-state index contributed by atoms with van der Waals surface area (Å²) in [6.07, 6.45) is 13.6. The molecule has 0 aromatic rings. The lowest BCUT2D eigenvalue weighted by atomic mass is 9.99. The average Bonchev–Trinajstić information content (AvgIpc) is 2.68. The molecule has 0 bridgehead atoms. The van der Waals surface area contributed by atoms with Gasteiger partial charge >= 0.3 is 0 Å². The molecule has 1 fully saturated rings. The highest BCUT2D eigenvalue weighted by atomic mass is 14.2. The summed E-state index contributed by atoms with van der Waals surface area (Å²) in [6, 6.07) is 0.